The number of carbonyl (C=O) groups is 2. The first kappa shape index (κ1) is 20.4. The summed E-state index contributed by atoms with van der Waals surface area (Å²) in [5.41, 5.74) is 2.37. The summed E-state index contributed by atoms with van der Waals surface area (Å²) >= 11 is 13.5. The molecule has 6 nitrogen and oxygen atoms in total. The molecular weight excluding hydrogens is 443 g/mol. The summed E-state index contributed by atoms with van der Waals surface area (Å²) in [5, 5.41) is 7.21. The van der Waals surface area contributed by atoms with Crippen LogP contribution in [-0.4, -0.2) is 29.0 Å². The average molecular weight is 457 g/mol. The van der Waals surface area contributed by atoms with E-state index in [1.54, 1.807) is 43.6 Å². The molecule has 2 N–H and O–H groups in total. The molecule has 2 aromatic carbocycles. The number of halogens is 2. The minimum Gasteiger partial charge on any atom is -0.355 e. The summed E-state index contributed by atoms with van der Waals surface area (Å²) in [6, 6.07) is 12.2. The summed E-state index contributed by atoms with van der Waals surface area (Å²) in [6.45, 7) is 0. The number of amidine groups is 1. The topological polar surface area (TPSA) is 83.4 Å². The second kappa shape index (κ2) is 8.47. The van der Waals surface area contributed by atoms with Gasteiger partial charge in [0, 0.05) is 18.6 Å². The Morgan fingerprint density at radius 2 is 1.97 bits per heavy atom. The van der Waals surface area contributed by atoms with E-state index < -0.39 is 0 Å². The number of benzene rings is 2. The number of amides is 2. The van der Waals surface area contributed by atoms with E-state index in [0.29, 0.717) is 42.3 Å². The van der Waals surface area contributed by atoms with Gasteiger partial charge in [0.25, 0.3) is 11.8 Å². The molecule has 0 atom stereocenters. The Kier molecular flexibility index (Phi) is 5.76. The SMILES string of the molecule is CNC(=O)c1ccnc2ccc(/C=C3\SC(=Nc4c(Cl)cccc4Cl)NC3=O)cc12. The molecule has 2 heterocycles. The van der Waals surface area contributed by atoms with E-state index in [9.17, 15) is 9.59 Å². The van der Waals surface area contributed by atoms with E-state index in [4.69, 9.17) is 23.2 Å². The summed E-state index contributed by atoms with van der Waals surface area (Å²) in [4.78, 5) is 33.7. The molecule has 1 aliphatic rings. The van der Waals surface area contributed by atoms with Crippen molar-refractivity contribution in [2.45, 2.75) is 0 Å². The van der Waals surface area contributed by atoms with Crippen molar-refractivity contribution in [1.82, 2.24) is 15.6 Å². The molecule has 1 aliphatic heterocycles. The quantitative estimate of drug-likeness (QED) is 0.554. The Hall–Kier alpha value is -2.87. The number of carbonyl (C=O) groups excluding carboxylic acids is 2. The van der Waals surface area contributed by atoms with Crippen LogP contribution >= 0.6 is 35.0 Å². The highest BCUT2D eigenvalue weighted by molar-refractivity contribution is 8.18. The zero-order chi connectivity index (χ0) is 21.3. The Balaban J connectivity index is 1.68. The van der Waals surface area contributed by atoms with Crippen molar-refractivity contribution in [2.75, 3.05) is 7.05 Å². The first-order chi connectivity index (χ1) is 14.5. The number of nitrogens with zero attached hydrogens (tertiary/aromatic N) is 2. The average Bonchev–Trinajstić information content (AvgIpc) is 3.08. The van der Waals surface area contributed by atoms with Crippen LogP contribution in [0.5, 0.6) is 0 Å². The number of hydrogen-bond acceptors (Lipinski definition) is 5. The van der Waals surface area contributed by atoms with Crippen molar-refractivity contribution in [1.29, 1.82) is 0 Å². The minimum atomic E-state index is -0.278. The lowest BCUT2D eigenvalue weighted by Gasteiger charge is -2.06. The fraction of sp³-hybridized carbons (Fsp3) is 0.0476. The molecule has 0 saturated carbocycles. The predicted octanol–water partition coefficient (Wildman–Crippen LogP) is 4.79. The van der Waals surface area contributed by atoms with Crippen LogP contribution < -0.4 is 10.6 Å². The van der Waals surface area contributed by atoms with Gasteiger partial charge in [-0.2, -0.15) is 0 Å². The van der Waals surface area contributed by atoms with Crippen LogP contribution in [0.2, 0.25) is 10.0 Å². The van der Waals surface area contributed by atoms with Crippen LogP contribution in [0.15, 0.2) is 58.6 Å². The smallest absolute Gasteiger partial charge is 0.264 e. The van der Waals surface area contributed by atoms with Gasteiger partial charge in [0.1, 0.15) is 5.69 Å². The molecule has 1 aromatic heterocycles. The van der Waals surface area contributed by atoms with E-state index in [0.717, 1.165) is 5.56 Å². The largest absolute Gasteiger partial charge is 0.355 e. The third kappa shape index (κ3) is 4.05. The van der Waals surface area contributed by atoms with E-state index in [1.807, 2.05) is 18.2 Å². The maximum absolute atomic E-state index is 12.4. The molecule has 9 heteroatoms. The number of hydrogen-bond donors (Lipinski definition) is 2. The number of thioether (sulfide) groups is 1. The summed E-state index contributed by atoms with van der Waals surface area (Å²) in [7, 11) is 1.58. The molecule has 4 rings (SSSR count). The van der Waals surface area contributed by atoms with Gasteiger partial charge in [-0.1, -0.05) is 35.3 Å². The van der Waals surface area contributed by atoms with Crippen LogP contribution in [0.4, 0.5) is 5.69 Å². The molecule has 30 heavy (non-hydrogen) atoms. The van der Waals surface area contributed by atoms with Crippen molar-refractivity contribution in [3.8, 4) is 0 Å². The highest BCUT2D eigenvalue weighted by atomic mass is 35.5. The maximum atomic E-state index is 12.4. The lowest BCUT2D eigenvalue weighted by atomic mass is 10.1. The van der Waals surface area contributed by atoms with E-state index >= 15 is 0 Å². The molecular formula is C21H14Cl2N4O2S. The fourth-order valence-electron chi connectivity index (χ4n) is 2.92. The zero-order valence-corrected chi connectivity index (χ0v) is 17.9. The Morgan fingerprint density at radius 3 is 2.70 bits per heavy atom. The highest BCUT2D eigenvalue weighted by Crippen LogP contribution is 2.35. The Labute approximate surface area is 186 Å². The van der Waals surface area contributed by atoms with Crippen LogP contribution in [0.3, 0.4) is 0 Å². The van der Waals surface area contributed by atoms with Gasteiger partial charge in [0.05, 0.1) is 26.0 Å². The number of fused-ring (bicyclic) bond motifs is 1. The van der Waals surface area contributed by atoms with E-state index in [2.05, 4.69) is 20.6 Å². The number of nitrogens with one attached hydrogen (secondary N) is 2. The van der Waals surface area contributed by atoms with Crippen LogP contribution in [0.1, 0.15) is 15.9 Å². The van der Waals surface area contributed by atoms with Crippen molar-refractivity contribution < 1.29 is 9.59 Å². The van der Waals surface area contributed by atoms with Crippen LogP contribution in [-0.2, 0) is 4.79 Å². The van der Waals surface area contributed by atoms with E-state index in [1.165, 1.54) is 11.8 Å². The van der Waals surface area contributed by atoms with Gasteiger partial charge in [-0.3, -0.25) is 14.6 Å². The van der Waals surface area contributed by atoms with Gasteiger partial charge >= 0.3 is 0 Å². The number of aromatic nitrogens is 1. The van der Waals surface area contributed by atoms with Crippen LogP contribution in [0, 0.1) is 0 Å². The van der Waals surface area contributed by atoms with Crippen molar-refractivity contribution >= 4 is 74.6 Å². The minimum absolute atomic E-state index is 0.203. The normalized spacial score (nSPS) is 16.3. The molecule has 1 saturated heterocycles. The van der Waals surface area contributed by atoms with Crippen LogP contribution in [0.25, 0.3) is 17.0 Å². The third-order valence-corrected chi connectivity index (χ3v) is 5.86. The fourth-order valence-corrected chi connectivity index (χ4v) is 4.23. The predicted molar refractivity (Wildman–Crippen MR) is 122 cm³/mol. The van der Waals surface area contributed by atoms with Gasteiger partial charge in [-0.25, -0.2) is 4.99 Å². The molecule has 1 fully saturated rings. The zero-order valence-electron chi connectivity index (χ0n) is 15.6. The van der Waals surface area contributed by atoms with Crippen molar-refractivity contribution in [3.05, 3.63) is 74.7 Å². The summed E-state index contributed by atoms with van der Waals surface area (Å²) < 4.78 is 0. The maximum Gasteiger partial charge on any atom is 0.264 e. The number of aliphatic imine (C=N–C) groups is 1. The van der Waals surface area contributed by atoms with Gasteiger partial charge in [0.15, 0.2) is 5.17 Å². The van der Waals surface area contributed by atoms with Gasteiger partial charge < -0.3 is 10.6 Å². The molecule has 0 spiro atoms. The van der Waals surface area contributed by atoms with E-state index in [-0.39, 0.29) is 11.8 Å². The molecule has 3 aromatic rings. The summed E-state index contributed by atoms with van der Waals surface area (Å²) in [6.07, 6.45) is 3.32. The van der Waals surface area contributed by atoms with Gasteiger partial charge in [-0.05, 0) is 53.7 Å². The Bertz CT molecular complexity index is 1240. The molecule has 150 valence electrons. The third-order valence-electron chi connectivity index (χ3n) is 4.34. The summed E-state index contributed by atoms with van der Waals surface area (Å²) in [5.74, 6) is -0.481. The first-order valence-electron chi connectivity index (χ1n) is 8.80. The lowest BCUT2D eigenvalue weighted by molar-refractivity contribution is -0.115. The molecule has 0 radical (unpaired) electrons. The standard InChI is InChI=1S/C21H14Cl2N4O2S/c1-24-19(28)12-7-8-25-16-6-5-11(9-13(12)16)10-17-20(29)27-21(30-17)26-18-14(22)3-2-4-15(18)23/h2-10H,1H3,(H,24,28)(H,26,27,29)/b17-10-. The highest BCUT2D eigenvalue weighted by Gasteiger charge is 2.24. The number of pyridine rings is 1. The molecule has 0 unspecified atom stereocenters. The number of para-hydroxylation sites is 1. The number of rotatable bonds is 3. The second-order valence-electron chi connectivity index (χ2n) is 6.27. The lowest BCUT2D eigenvalue weighted by Crippen LogP contribution is -2.19. The van der Waals surface area contributed by atoms with Crippen molar-refractivity contribution in [3.63, 3.8) is 0 Å². The molecule has 2 amide bonds. The van der Waals surface area contributed by atoms with Crippen molar-refractivity contribution in [2.24, 2.45) is 4.99 Å². The molecule has 0 aliphatic carbocycles. The van der Waals surface area contributed by atoms with Gasteiger partial charge in [0.2, 0.25) is 0 Å². The Morgan fingerprint density at radius 1 is 1.20 bits per heavy atom. The second-order valence-corrected chi connectivity index (χ2v) is 8.11. The van der Waals surface area contributed by atoms with Gasteiger partial charge in [-0.15, -0.1) is 0 Å². The molecule has 0 bridgehead atoms. The first-order valence-corrected chi connectivity index (χ1v) is 10.4. The monoisotopic (exact) mass is 456 g/mol.